The molecule has 0 saturated heterocycles. The van der Waals surface area contributed by atoms with Crippen molar-refractivity contribution < 1.29 is 14.3 Å². The first kappa shape index (κ1) is 26.7. The van der Waals surface area contributed by atoms with Gasteiger partial charge in [-0.25, -0.2) is 0 Å². The number of carbonyl (C=O) groups excluding carboxylic acids is 1. The molecule has 0 atom stereocenters. The predicted molar refractivity (Wildman–Crippen MR) is 174 cm³/mol. The zero-order valence-electron chi connectivity index (χ0n) is 24.7. The Labute approximate surface area is 256 Å². The van der Waals surface area contributed by atoms with Crippen LogP contribution in [0.5, 0.6) is 5.75 Å². The largest absolute Gasteiger partial charge is 0.497 e. The van der Waals surface area contributed by atoms with Gasteiger partial charge in [0.2, 0.25) is 0 Å². The molecule has 44 heavy (non-hydrogen) atoms. The molecule has 218 valence electrons. The predicted octanol–water partition coefficient (Wildman–Crippen LogP) is 7.48. The van der Waals surface area contributed by atoms with Crippen molar-refractivity contribution in [3.63, 3.8) is 0 Å². The second-order valence-corrected chi connectivity index (χ2v) is 11.6. The summed E-state index contributed by atoms with van der Waals surface area (Å²) in [5.74, 6) is 0.860. The van der Waals surface area contributed by atoms with Crippen LogP contribution in [0.4, 0.5) is 0 Å². The second-order valence-electron chi connectivity index (χ2n) is 11.6. The highest BCUT2D eigenvalue weighted by Crippen LogP contribution is 2.48. The monoisotopic (exact) mass is 579 g/mol. The third-order valence-corrected chi connectivity index (χ3v) is 9.13. The number of nitrogens with zero attached hydrogens (tertiary/aromatic N) is 2. The molecule has 2 aromatic heterocycles. The van der Waals surface area contributed by atoms with Crippen LogP contribution in [0.2, 0.25) is 0 Å². The van der Waals surface area contributed by atoms with E-state index in [9.17, 15) is 4.79 Å². The number of methoxy groups -OCH3 is 1. The molecule has 4 aromatic carbocycles. The average Bonchev–Trinajstić information content (AvgIpc) is 3.62. The van der Waals surface area contributed by atoms with E-state index in [0.717, 1.165) is 65.1 Å². The highest BCUT2D eigenvalue weighted by Gasteiger charge is 2.34. The maximum absolute atomic E-state index is 13.5. The van der Waals surface area contributed by atoms with E-state index < -0.39 is 0 Å². The number of benzene rings is 4. The maximum Gasteiger partial charge on any atom is 0.252 e. The van der Waals surface area contributed by atoms with Gasteiger partial charge in [-0.1, -0.05) is 48.5 Å². The van der Waals surface area contributed by atoms with Crippen LogP contribution in [-0.4, -0.2) is 29.2 Å². The first-order valence-electron chi connectivity index (χ1n) is 15.3. The molecular weight excluding hydrogens is 546 g/mol. The second kappa shape index (κ2) is 11.0. The molecule has 6 heteroatoms. The lowest BCUT2D eigenvalue weighted by molar-refractivity contribution is 0.0966. The van der Waals surface area contributed by atoms with Crippen LogP contribution in [0.3, 0.4) is 0 Å². The number of aromatic nitrogens is 2. The van der Waals surface area contributed by atoms with Crippen molar-refractivity contribution in [3.05, 3.63) is 119 Å². The Bertz CT molecular complexity index is 2050. The lowest BCUT2D eigenvalue weighted by atomic mass is 9.80. The molecule has 1 aliphatic carbocycles. The molecule has 8 rings (SSSR count). The summed E-state index contributed by atoms with van der Waals surface area (Å²) in [6, 6.07) is 29.3. The fourth-order valence-electron chi connectivity index (χ4n) is 7.17. The van der Waals surface area contributed by atoms with Gasteiger partial charge in [0.05, 0.1) is 30.5 Å². The Hall–Kier alpha value is -4.94. The highest BCUT2D eigenvalue weighted by molar-refractivity contribution is 6.20. The number of amides is 1. The number of fused-ring (bicyclic) bond motifs is 10. The summed E-state index contributed by atoms with van der Waals surface area (Å²) in [4.78, 5) is 18.2. The van der Waals surface area contributed by atoms with E-state index in [1.54, 1.807) is 7.11 Å². The summed E-state index contributed by atoms with van der Waals surface area (Å²) in [5.41, 5.74) is 12.2. The van der Waals surface area contributed by atoms with Crippen LogP contribution in [-0.2, 0) is 37.3 Å². The minimum atomic E-state index is 0.0120. The molecule has 2 aliphatic rings. The van der Waals surface area contributed by atoms with Gasteiger partial charge in [-0.05, 0) is 83.5 Å². The quantitative estimate of drug-likeness (QED) is 0.190. The Morgan fingerprint density at radius 2 is 1.80 bits per heavy atom. The molecule has 6 nitrogen and oxygen atoms in total. The molecule has 6 aromatic rings. The number of hydrogen-bond donors (Lipinski definition) is 1. The van der Waals surface area contributed by atoms with Crippen LogP contribution in [0.25, 0.3) is 44.2 Å². The fourth-order valence-corrected chi connectivity index (χ4v) is 7.17. The smallest absolute Gasteiger partial charge is 0.252 e. The van der Waals surface area contributed by atoms with Gasteiger partial charge in [-0.3, -0.25) is 9.78 Å². The van der Waals surface area contributed by atoms with Gasteiger partial charge >= 0.3 is 0 Å². The third kappa shape index (κ3) is 4.37. The van der Waals surface area contributed by atoms with E-state index in [1.807, 2.05) is 48.7 Å². The number of hydrogen-bond acceptors (Lipinski definition) is 4. The minimum absolute atomic E-state index is 0.0120. The van der Waals surface area contributed by atoms with Gasteiger partial charge in [0.1, 0.15) is 5.75 Å². The molecule has 0 fully saturated rings. The van der Waals surface area contributed by atoms with Gasteiger partial charge in [0, 0.05) is 53.3 Å². The summed E-state index contributed by atoms with van der Waals surface area (Å²) in [7, 11) is 1.70. The molecule has 0 bridgehead atoms. The topological polar surface area (TPSA) is 65.4 Å². The van der Waals surface area contributed by atoms with E-state index >= 15 is 0 Å². The van der Waals surface area contributed by atoms with E-state index in [-0.39, 0.29) is 5.91 Å². The van der Waals surface area contributed by atoms with Crippen LogP contribution in [0, 0.1) is 0 Å². The Morgan fingerprint density at radius 3 is 2.64 bits per heavy atom. The standard InChI is InChI=1S/C38H33N3O3/c1-43-27-13-15-28-25(20-27)11-14-29-34(28)36-31(22-40-38(36)42)35-30-21-26(32-10-5-6-17-39-32)12-16-33(30)41(37(29)35)18-7-19-44-23-24-8-3-2-4-9-24/h2-6,8-10,12-13,15-17,20-21H,7,11,14,18-19,22-23H2,1H3,(H,40,42). The van der Waals surface area contributed by atoms with E-state index in [4.69, 9.17) is 9.47 Å². The van der Waals surface area contributed by atoms with Gasteiger partial charge in [-0.2, -0.15) is 0 Å². The zero-order chi connectivity index (χ0) is 29.6. The highest BCUT2D eigenvalue weighted by atomic mass is 16.5. The van der Waals surface area contributed by atoms with Crippen LogP contribution in [0.1, 0.15) is 39.0 Å². The van der Waals surface area contributed by atoms with Crippen LogP contribution in [0.15, 0.2) is 91.1 Å². The van der Waals surface area contributed by atoms with Crippen molar-refractivity contribution in [1.29, 1.82) is 0 Å². The normalized spacial score (nSPS) is 13.5. The number of ether oxygens (including phenoxy) is 2. The van der Waals surface area contributed by atoms with Crippen molar-refractivity contribution in [2.45, 2.75) is 39.0 Å². The number of nitrogens with one attached hydrogen (secondary N) is 1. The Kier molecular flexibility index (Phi) is 6.64. The molecule has 0 spiro atoms. The first-order chi connectivity index (χ1) is 21.7. The number of carbonyl (C=O) groups is 1. The van der Waals surface area contributed by atoms with Gasteiger partial charge in [0.25, 0.3) is 5.91 Å². The number of rotatable bonds is 8. The Morgan fingerprint density at radius 1 is 0.909 bits per heavy atom. The van der Waals surface area contributed by atoms with Crippen LogP contribution < -0.4 is 10.1 Å². The molecular formula is C38H33N3O3. The lowest BCUT2D eigenvalue weighted by Crippen LogP contribution is -2.16. The summed E-state index contributed by atoms with van der Waals surface area (Å²) in [6.07, 6.45) is 4.47. The van der Waals surface area contributed by atoms with Gasteiger partial charge in [-0.15, -0.1) is 0 Å². The summed E-state index contributed by atoms with van der Waals surface area (Å²) in [5, 5.41) is 5.53. The van der Waals surface area contributed by atoms with E-state index in [2.05, 4.69) is 57.3 Å². The molecule has 3 heterocycles. The first-order valence-corrected chi connectivity index (χ1v) is 15.3. The average molecular weight is 580 g/mol. The maximum atomic E-state index is 13.5. The zero-order valence-corrected chi connectivity index (χ0v) is 24.7. The molecule has 0 radical (unpaired) electrons. The Balaban J connectivity index is 1.30. The number of aryl methyl sites for hydroxylation is 3. The van der Waals surface area contributed by atoms with Crippen molar-refractivity contribution in [3.8, 4) is 28.1 Å². The third-order valence-electron chi connectivity index (χ3n) is 9.13. The molecule has 0 saturated carbocycles. The molecule has 1 amide bonds. The van der Waals surface area contributed by atoms with Gasteiger partial charge in [0.15, 0.2) is 0 Å². The van der Waals surface area contributed by atoms with E-state index in [1.165, 1.54) is 38.5 Å². The van der Waals surface area contributed by atoms with Crippen molar-refractivity contribution >= 4 is 27.7 Å². The van der Waals surface area contributed by atoms with Crippen molar-refractivity contribution in [2.75, 3.05) is 13.7 Å². The van der Waals surface area contributed by atoms with Gasteiger partial charge < -0.3 is 19.4 Å². The molecule has 1 aliphatic heterocycles. The van der Waals surface area contributed by atoms with E-state index in [0.29, 0.717) is 19.8 Å². The van der Waals surface area contributed by atoms with Crippen LogP contribution >= 0.6 is 0 Å². The minimum Gasteiger partial charge on any atom is -0.497 e. The SMILES string of the molecule is COc1ccc2c(c1)CCc1c-2c2c(c3c4cc(-c5ccccn5)ccc4n(CCCOCc4ccccc4)c13)CNC2=O. The summed E-state index contributed by atoms with van der Waals surface area (Å²) >= 11 is 0. The molecule has 0 unspecified atom stereocenters. The van der Waals surface area contributed by atoms with Crippen molar-refractivity contribution in [2.24, 2.45) is 0 Å². The fraction of sp³-hybridized carbons (Fsp3) is 0.211. The molecule has 1 N–H and O–H groups in total. The number of pyridine rings is 1. The van der Waals surface area contributed by atoms with Crippen molar-refractivity contribution in [1.82, 2.24) is 14.9 Å². The summed E-state index contributed by atoms with van der Waals surface area (Å²) in [6.45, 7) is 2.62. The lowest BCUT2D eigenvalue weighted by Gasteiger charge is -2.25. The summed E-state index contributed by atoms with van der Waals surface area (Å²) < 4.78 is 14.1.